The minimum absolute atomic E-state index is 0.0722. The topological polar surface area (TPSA) is 47.3 Å². The fourth-order valence-corrected chi connectivity index (χ4v) is 4.11. The van der Waals surface area contributed by atoms with Crippen LogP contribution in [0.1, 0.15) is 22.4 Å². The van der Waals surface area contributed by atoms with Crippen LogP contribution in [0.4, 0.5) is 0 Å². The van der Waals surface area contributed by atoms with Gasteiger partial charge in [-0.2, -0.15) is 0 Å². The Hall–Kier alpha value is -0.880. The maximum absolute atomic E-state index is 5.75. The van der Waals surface area contributed by atoms with E-state index in [0.717, 1.165) is 10.2 Å². The second-order valence-electron chi connectivity index (χ2n) is 4.23. The molecule has 0 bridgehead atoms. The van der Waals surface area contributed by atoms with Gasteiger partial charge in [-0.3, -0.25) is 11.3 Å². The summed E-state index contributed by atoms with van der Waals surface area (Å²) >= 11 is 5.27. The van der Waals surface area contributed by atoms with Gasteiger partial charge in [0.25, 0.3) is 0 Å². The maximum Gasteiger partial charge on any atom is 0.122 e. The molecule has 0 spiro atoms. The molecule has 2 aromatic rings. The molecule has 1 aliphatic rings. The fourth-order valence-electron chi connectivity index (χ4n) is 2.37. The highest BCUT2D eigenvalue weighted by Crippen LogP contribution is 2.43. The number of rotatable bonds is 3. The first-order valence-electron chi connectivity index (χ1n) is 5.72. The van der Waals surface area contributed by atoms with Gasteiger partial charge in [0.1, 0.15) is 5.75 Å². The molecule has 94 valence electrons. The number of hydrazine groups is 1. The molecule has 18 heavy (non-hydrogen) atoms. The van der Waals surface area contributed by atoms with Crippen molar-refractivity contribution in [3.63, 3.8) is 0 Å². The van der Waals surface area contributed by atoms with E-state index in [4.69, 9.17) is 10.6 Å². The zero-order chi connectivity index (χ0) is 12.5. The summed E-state index contributed by atoms with van der Waals surface area (Å²) < 4.78 is 6.82. The average Bonchev–Trinajstić information content (AvgIpc) is 2.99. The van der Waals surface area contributed by atoms with Crippen LogP contribution in [0.3, 0.4) is 0 Å². The molecule has 1 aromatic heterocycles. The Balaban J connectivity index is 1.98. The van der Waals surface area contributed by atoms with Crippen molar-refractivity contribution in [3.8, 4) is 5.75 Å². The van der Waals surface area contributed by atoms with Gasteiger partial charge in [0.2, 0.25) is 0 Å². The summed E-state index contributed by atoms with van der Waals surface area (Å²) in [6.07, 6.45) is 0. The van der Waals surface area contributed by atoms with Crippen LogP contribution < -0.4 is 16.0 Å². The molecule has 5 heteroatoms. The highest BCUT2D eigenvalue weighted by molar-refractivity contribution is 9.10. The Morgan fingerprint density at radius 1 is 1.39 bits per heavy atom. The predicted molar refractivity (Wildman–Crippen MR) is 76.8 cm³/mol. The van der Waals surface area contributed by atoms with Crippen molar-refractivity contribution in [2.75, 3.05) is 6.61 Å². The Bertz CT molecular complexity index is 557. The Morgan fingerprint density at radius 2 is 2.22 bits per heavy atom. The summed E-state index contributed by atoms with van der Waals surface area (Å²) in [6.45, 7) is 0.665. The molecule has 0 amide bonds. The summed E-state index contributed by atoms with van der Waals surface area (Å²) in [7, 11) is 0. The Kier molecular flexibility index (Phi) is 3.39. The van der Waals surface area contributed by atoms with Crippen LogP contribution >= 0.6 is 27.3 Å². The standard InChI is InChI=1S/C13H13BrN2OS/c14-10-5-6-18-13(10)12(16-15)9-7-17-11-4-2-1-3-8(9)11/h1-6,9,12,16H,7,15H2. The molecule has 3 rings (SSSR count). The maximum atomic E-state index is 5.75. The molecule has 1 aliphatic heterocycles. The second-order valence-corrected chi connectivity index (χ2v) is 6.03. The van der Waals surface area contributed by atoms with E-state index < -0.39 is 0 Å². The lowest BCUT2D eigenvalue weighted by molar-refractivity contribution is 0.301. The third-order valence-corrected chi connectivity index (χ3v) is 5.20. The number of para-hydroxylation sites is 1. The van der Waals surface area contributed by atoms with Crippen LogP contribution in [0.2, 0.25) is 0 Å². The van der Waals surface area contributed by atoms with Crippen molar-refractivity contribution in [2.45, 2.75) is 12.0 Å². The number of fused-ring (bicyclic) bond motifs is 1. The highest BCUT2D eigenvalue weighted by atomic mass is 79.9. The lowest BCUT2D eigenvalue weighted by Gasteiger charge is -2.21. The number of hydrogen-bond acceptors (Lipinski definition) is 4. The van der Waals surface area contributed by atoms with Crippen LogP contribution in [-0.2, 0) is 0 Å². The Morgan fingerprint density at radius 3 is 2.94 bits per heavy atom. The van der Waals surface area contributed by atoms with Gasteiger partial charge in [0.15, 0.2) is 0 Å². The minimum atomic E-state index is 0.0722. The first-order chi connectivity index (χ1) is 8.81. The van der Waals surface area contributed by atoms with E-state index >= 15 is 0 Å². The average molecular weight is 325 g/mol. The smallest absolute Gasteiger partial charge is 0.122 e. The van der Waals surface area contributed by atoms with Gasteiger partial charge in [-0.15, -0.1) is 11.3 Å². The van der Waals surface area contributed by atoms with E-state index in [9.17, 15) is 0 Å². The zero-order valence-electron chi connectivity index (χ0n) is 9.60. The first kappa shape index (κ1) is 12.2. The predicted octanol–water partition coefficient (Wildman–Crippen LogP) is 3.19. The molecule has 3 nitrogen and oxygen atoms in total. The van der Waals surface area contributed by atoms with Crippen LogP contribution in [0.15, 0.2) is 40.2 Å². The third-order valence-electron chi connectivity index (χ3n) is 3.25. The van der Waals surface area contributed by atoms with Gasteiger partial charge < -0.3 is 4.74 Å². The quantitative estimate of drug-likeness (QED) is 0.673. The Labute approximate surface area is 118 Å². The number of thiophene rings is 1. The van der Waals surface area contributed by atoms with E-state index in [0.29, 0.717) is 6.61 Å². The lowest BCUT2D eigenvalue weighted by atomic mass is 9.93. The molecule has 1 aromatic carbocycles. The van der Waals surface area contributed by atoms with Crippen molar-refractivity contribution >= 4 is 27.3 Å². The number of nitrogens with two attached hydrogens (primary N) is 1. The van der Waals surface area contributed by atoms with E-state index in [1.165, 1.54) is 10.4 Å². The second kappa shape index (κ2) is 5.01. The summed E-state index contributed by atoms with van der Waals surface area (Å²) in [5.74, 6) is 6.97. The summed E-state index contributed by atoms with van der Waals surface area (Å²) in [6, 6.07) is 10.3. The molecular weight excluding hydrogens is 312 g/mol. The zero-order valence-corrected chi connectivity index (χ0v) is 12.0. The molecule has 0 radical (unpaired) electrons. The van der Waals surface area contributed by atoms with E-state index in [1.807, 2.05) is 24.3 Å². The normalized spacial score (nSPS) is 19.3. The minimum Gasteiger partial charge on any atom is -0.493 e. The van der Waals surface area contributed by atoms with Crippen LogP contribution in [-0.4, -0.2) is 6.61 Å². The van der Waals surface area contributed by atoms with Crippen molar-refractivity contribution < 1.29 is 4.74 Å². The number of benzene rings is 1. The summed E-state index contributed by atoms with van der Waals surface area (Å²) in [5.41, 5.74) is 4.15. The van der Waals surface area contributed by atoms with Gasteiger partial charge >= 0.3 is 0 Å². The van der Waals surface area contributed by atoms with Gasteiger partial charge in [-0.25, -0.2) is 0 Å². The van der Waals surface area contributed by atoms with Crippen molar-refractivity contribution in [2.24, 2.45) is 5.84 Å². The van der Waals surface area contributed by atoms with Gasteiger partial charge in [-0.05, 0) is 33.4 Å². The molecule has 0 saturated carbocycles. The fraction of sp³-hybridized carbons (Fsp3) is 0.231. The molecule has 0 aliphatic carbocycles. The SMILES string of the molecule is NNC(c1sccc1Br)C1COc2ccccc21. The molecule has 2 unspecified atom stereocenters. The van der Waals surface area contributed by atoms with Crippen LogP contribution in [0.5, 0.6) is 5.75 Å². The summed E-state index contributed by atoms with van der Waals surface area (Å²) in [5, 5.41) is 2.06. The van der Waals surface area contributed by atoms with Gasteiger partial charge in [0.05, 0.1) is 12.6 Å². The third kappa shape index (κ3) is 1.97. The molecule has 3 N–H and O–H groups in total. The van der Waals surface area contributed by atoms with Crippen LogP contribution in [0, 0.1) is 0 Å². The molecule has 2 heterocycles. The molecule has 2 atom stereocenters. The van der Waals surface area contributed by atoms with Crippen molar-refractivity contribution in [1.82, 2.24) is 5.43 Å². The van der Waals surface area contributed by atoms with Crippen LogP contribution in [0.25, 0.3) is 0 Å². The van der Waals surface area contributed by atoms with E-state index in [1.54, 1.807) is 11.3 Å². The molecular formula is C13H13BrN2OS. The summed E-state index contributed by atoms with van der Waals surface area (Å²) in [4.78, 5) is 1.21. The van der Waals surface area contributed by atoms with Gasteiger partial charge in [-0.1, -0.05) is 18.2 Å². The number of ether oxygens (including phenoxy) is 1. The largest absolute Gasteiger partial charge is 0.493 e. The highest BCUT2D eigenvalue weighted by Gasteiger charge is 2.33. The number of halogens is 1. The first-order valence-corrected chi connectivity index (χ1v) is 7.39. The van der Waals surface area contributed by atoms with E-state index in [2.05, 4.69) is 32.8 Å². The monoisotopic (exact) mass is 324 g/mol. The van der Waals surface area contributed by atoms with Crippen molar-refractivity contribution in [1.29, 1.82) is 0 Å². The van der Waals surface area contributed by atoms with Crippen molar-refractivity contribution in [3.05, 3.63) is 50.6 Å². The van der Waals surface area contributed by atoms with E-state index in [-0.39, 0.29) is 12.0 Å². The molecule has 0 saturated heterocycles. The molecule has 0 fully saturated rings. The number of nitrogens with one attached hydrogen (secondary N) is 1. The lowest BCUT2D eigenvalue weighted by Crippen LogP contribution is -2.32. The van der Waals surface area contributed by atoms with Gasteiger partial charge in [0, 0.05) is 20.8 Å². The number of hydrogen-bond donors (Lipinski definition) is 2.